The van der Waals surface area contributed by atoms with Gasteiger partial charge in [-0.3, -0.25) is 19.5 Å². The monoisotopic (exact) mass is 538 g/mol. The third-order valence-corrected chi connectivity index (χ3v) is 7.39. The van der Waals surface area contributed by atoms with Gasteiger partial charge in [0.05, 0.1) is 10.5 Å². The van der Waals surface area contributed by atoms with Crippen LogP contribution >= 0.6 is 19.0 Å². The molecule has 1 heterocycles. The third-order valence-electron chi connectivity index (χ3n) is 4.62. The number of halogens is 4. The average molecular weight is 539 g/mol. The number of esters is 1. The van der Waals surface area contributed by atoms with Crippen molar-refractivity contribution in [2.75, 3.05) is 0 Å². The van der Waals surface area contributed by atoms with E-state index in [2.05, 4.69) is 4.98 Å². The molecule has 9 nitrogen and oxygen atoms in total. The standard InChI is InChI=1S/C21H23ClF3N2O7P/c1-12(5-8-18(28)34-20(2,3)4)35(31,32)17-10-14(6-7-16(17)27(29)30)33-19-15(22)9-13(11-26-19)21(23,24)25/h6-7,9-12H,5,8H2,1-4H3,(H,31,32). The summed E-state index contributed by atoms with van der Waals surface area (Å²) in [5.41, 5.74) is -3.60. The third kappa shape index (κ3) is 7.65. The van der Waals surface area contributed by atoms with E-state index in [1.807, 2.05) is 0 Å². The van der Waals surface area contributed by atoms with E-state index in [0.29, 0.717) is 12.3 Å². The molecule has 0 aliphatic carbocycles. The van der Waals surface area contributed by atoms with E-state index in [-0.39, 0.29) is 18.6 Å². The normalized spacial score (nSPS) is 14.7. The zero-order valence-corrected chi connectivity index (χ0v) is 20.8. The number of nitro groups is 1. The van der Waals surface area contributed by atoms with Crippen molar-refractivity contribution in [2.24, 2.45) is 0 Å². The maximum atomic E-state index is 13.2. The molecular formula is C21H23ClF3N2O7P. The minimum absolute atomic E-state index is 0.1000. The predicted octanol–water partition coefficient (Wildman–Crippen LogP) is 5.86. The molecule has 192 valence electrons. The van der Waals surface area contributed by atoms with Crippen molar-refractivity contribution in [3.63, 3.8) is 0 Å². The molecular weight excluding hydrogens is 516 g/mol. The second-order valence-electron chi connectivity index (χ2n) is 8.62. The number of ether oxygens (including phenoxy) is 2. The van der Waals surface area contributed by atoms with Crippen molar-refractivity contribution in [3.05, 3.63) is 51.2 Å². The van der Waals surface area contributed by atoms with Crippen molar-refractivity contribution in [3.8, 4) is 11.6 Å². The number of aromatic nitrogens is 1. The van der Waals surface area contributed by atoms with Crippen molar-refractivity contribution in [2.45, 2.75) is 58.0 Å². The van der Waals surface area contributed by atoms with Crippen LogP contribution in [0.15, 0.2) is 30.5 Å². The van der Waals surface area contributed by atoms with Crippen LogP contribution in [0.5, 0.6) is 11.6 Å². The quantitative estimate of drug-likeness (QED) is 0.191. The van der Waals surface area contributed by atoms with E-state index in [9.17, 15) is 37.5 Å². The Bertz CT molecular complexity index is 1170. The van der Waals surface area contributed by atoms with Gasteiger partial charge in [-0.25, -0.2) is 4.98 Å². The Balaban J connectivity index is 2.34. The summed E-state index contributed by atoms with van der Waals surface area (Å²) in [5, 5.41) is 10.4. The highest BCUT2D eigenvalue weighted by Gasteiger charge is 2.37. The second-order valence-corrected chi connectivity index (χ2v) is 11.6. The smallest absolute Gasteiger partial charge is 0.417 e. The Hall–Kier alpha value is -2.69. The minimum atomic E-state index is -4.69. The predicted molar refractivity (Wildman–Crippen MR) is 121 cm³/mol. The summed E-state index contributed by atoms with van der Waals surface area (Å²) < 4.78 is 62.2. The van der Waals surface area contributed by atoms with E-state index in [1.165, 1.54) is 6.92 Å². The van der Waals surface area contributed by atoms with Crippen LogP contribution in [-0.4, -0.2) is 32.0 Å². The molecule has 2 atom stereocenters. The van der Waals surface area contributed by atoms with Gasteiger partial charge in [0.15, 0.2) is 0 Å². The number of benzene rings is 1. The first-order valence-electron chi connectivity index (χ1n) is 10.2. The van der Waals surface area contributed by atoms with Gasteiger partial charge in [0.2, 0.25) is 13.2 Å². The van der Waals surface area contributed by atoms with Gasteiger partial charge in [0.1, 0.15) is 21.7 Å². The molecule has 2 aromatic rings. The lowest BCUT2D eigenvalue weighted by Gasteiger charge is -2.22. The number of nitrogens with zero attached hydrogens (tertiary/aromatic N) is 2. The van der Waals surface area contributed by atoms with Crippen LogP contribution < -0.4 is 10.0 Å². The highest BCUT2D eigenvalue weighted by atomic mass is 35.5. The summed E-state index contributed by atoms with van der Waals surface area (Å²) in [4.78, 5) is 36.9. The second kappa shape index (κ2) is 10.5. The molecule has 0 fully saturated rings. The van der Waals surface area contributed by atoms with E-state index in [1.54, 1.807) is 20.8 Å². The average Bonchev–Trinajstić information content (AvgIpc) is 2.71. The Morgan fingerprint density at radius 1 is 1.29 bits per heavy atom. The molecule has 1 aromatic carbocycles. The number of hydrogen-bond acceptors (Lipinski definition) is 7. The van der Waals surface area contributed by atoms with Crippen molar-refractivity contribution >= 4 is 35.9 Å². The lowest BCUT2D eigenvalue weighted by Crippen LogP contribution is -2.25. The summed E-state index contributed by atoms with van der Waals surface area (Å²) in [6.45, 7) is 6.35. The fraction of sp³-hybridized carbons (Fsp3) is 0.429. The van der Waals surface area contributed by atoms with Crippen molar-refractivity contribution in [1.82, 2.24) is 4.98 Å². The number of alkyl halides is 3. The molecule has 35 heavy (non-hydrogen) atoms. The van der Waals surface area contributed by atoms with Gasteiger partial charge in [-0.2, -0.15) is 13.2 Å². The van der Waals surface area contributed by atoms with Crippen LogP contribution in [0.25, 0.3) is 0 Å². The number of hydrogen-bond donors (Lipinski definition) is 1. The van der Waals surface area contributed by atoms with E-state index < -0.39 is 63.2 Å². The van der Waals surface area contributed by atoms with Crippen molar-refractivity contribution < 1.29 is 41.8 Å². The zero-order chi connectivity index (χ0) is 26.8. The topological polar surface area (TPSA) is 129 Å². The van der Waals surface area contributed by atoms with Crippen LogP contribution in [0.3, 0.4) is 0 Å². The van der Waals surface area contributed by atoms with Gasteiger partial charge in [-0.15, -0.1) is 0 Å². The Labute approximate surface area is 203 Å². The molecule has 0 saturated heterocycles. The number of rotatable bonds is 8. The molecule has 1 aromatic heterocycles. The minimum Gasteiger partial charge on any atom is -0.460 e. The molecule has 0 aliphatic rings. The van der Waals surface area contributed by atoms with Crippen molar-refractivity contribution in [1.29, 1.82) is 0 Å². The molecule has 2 rings (SSSR count). The lowest BCUT2D eigenvalue weighted by atomic mass is 10.2. The molecule has 1 N–H and O–H groups in total. The van der Waals surface area contributed by atoms with Gasteiger partial charge in [0, 0.05) is 30.4 Å². The van der Waals surface area contributed by atoms with Gasteiger partial charge in [-0.05, 0) is 39.3 Å². The fourth-order valence-corrected chi connectivity index (χ4v) is 4.83. The molecule has 0 radical (unpaired) electrons. The first-order valence-corrected chi connectivity index (χ1v) is 12.3. The van der Waals surface area contributed by atoms with Gasteiger partial charge in [0.25, 0.3) is 5.69 Å². The Kier molecular flexibility index (Phi) is 8.57. The first kappa shape index (κ1) is 28.5. The largest absolute Gasteiger partial charge is 0.460 e. The Morgan fingerprint density at radius 3 is 2.43 bits per heavy atom. The van der Waals surface area contributed by atoms with E-state index in [4.69, 9.17) is 21.1 Å². The summed E-state index contributed by atoms with van der Waals surface area (Å²) >= 11 is 5.82. The van der Waals surface area contributed by atoms with E-state index in [0.717, 1.165) is 18.2 Å². The molecule has 2 unspecified atom stereocenters. The maximum Gasteiger partial charge on any atom is 0.417 e. The molecule has 0 bridgehead atoms. The first-order chi connectivity index (χ1) is 15.9. The molecule has 0 saturated carbocycles. The number of pyridine rings is 1. The number of carbonyl (C=O) groups excluding carboxylic acids is 1. The highest BCUT2D eigenvalue weighted by Crippen LogP contribution is 2.50. The fourth-order valence-electron chi connectivity index (χ4n) is 2.88. The molecule has 0 aliphatic heterocycles. The van der Waals surface area contributed by atoms with Crippen LogP contribution in [0, 0.1) is 10.1 Å². The van der Waals surface area contributed by atoms with Crippen LogP contribution in [-0.2, 0) is 20.3 Å². The Morgan fingerprint density at radius 2 is 1.91 bits per heavy atom. The van der Waals surface area contributed by atoms with Gasteiger partial charge in [-0.1, -0.05) is 18.5 Å². The highest BCUT2D eigenvalue weighted by molar-refractivity contribution is 7.67. The lowest BCUT2D eigenvalue weighted by molar-refractivity contribution is -0.383. The number of carbonyl (C=O) groups is 1. The SMILES string of the molecule is CC(CCC(=O)OC(C)(C)C)P(=O)(O)c1cc(Oc2ncc(C(F)(F)F)cc2Cl)ccc1[N+](=O)[O-]. The number of nitro benzene ring substituents is 1. The summed E-state index contributed by atoms with van der Waals surface area (Å²) in [6.07, 6.45) is -4.49. The van der Waals surface area contributed by atoms with Crippen LogP contribution in [0.2, 0.25) is 5.02 Å². The maximum absolute atomic E-state index is 13.2. The van der Waals surface area contributed by atoms with Gasteiger partial charge >= 0.3 is 12.1 Å². The molecule has 0 amide bonds. The van der Waals surface area contributed by atoms with Crippen LogP contribution in [0.1, 0.15) is 46.1 Å². The molecule has 14 heteroatoms. The summed E-state index contributed by atoms with van der Waals surface area (Å²) in [7, 11) is -4.44. The zero-order valence-electron chi connectivity index (χ0n) is 19.1. The van der Waals surface area contributed by atoms with Gasteiger partial charge < -0.3 is 14.4 Å². The van der Waals surface area contributed by atoms with E-state index >= 15 is 0 Å². The van der Waals surface area contributed by atoms with Crippen LogP contribution in [0.4, 0.5) is 18.9 Å². The molecule has 0 spiro atoms. The summed E-state index contributed by atoms with van der Waals surface area (Å²) in [6, 6.07) is 3.53. The summed E-state index contributed by atoms with van der Waals surface area (Å²) in [5.74, 6) is -1.25.